The predicted octanol–water partition coefficient (Wildman–Crippen LogP) is 0.0241. The molecule has 0 aromatic heterocycles. The van der Waals surface area contributed by atoms with E-state index in [1.807, 2.05) is 0 Å². The van der Waals surface area contributed by atoms with Gasteiger partial charge in [0, 0.05) is 6.54 Å². The van der Waals surface area contributed by atoms with Crippen molar-refractivity contribution < 1.29 is 17.9 Å². The second-order valence-electron chi connectivity index (χ2n) is 3.45. The molecule has 0 saturated heterocycles. The summed E-state index contributed by atoms with van der Waals surface area (Å²) in [5, 5.41) is 8.80. The molecule has 0 amide bonds. The van der Waals surface area contributed by atoms with Crippen LogP contribution in [-0.4, -0.2) is 37.5 Å². The number of nitrogens with two attached hydrogens (primary N) is 1. The number of aliphatic hydroxyl groups is 1. The van der Waals surface area contributed by atoms with Crippen LogP contribution >= 0.6 is 0 Å². The Labute approximate surface area is 105 Å². The van der Waals surface area contributed by atoms with Gasteiger partial charge in [-0.3, -0.25) is 0 Å². The van der Waals surface area contributed by atoms with Gasteiger partial charge in [-0.15, -0.1) is 6.42 Å². The molecular weight excluding hydrogens is 259 g/mol. The highest BCUT2D eigenvalue weighted by Crippen LogP contribution is 2.19. The summed E-state index contributed by atoms with van der Waals surface area (Å²) in [6, 6.07) is 3.18. The molecular formula is C11H13FN2O3S. The fraction of sp³-hybridized carbons (Fsp3) is 0.273. The first-order valence-corrected chi connectivity index (χ1v) is 6.47. The van der Waals surface area contributed by atoms with Gasteiger partial charge in [-0.2, -0.15) is 4.31 Å². The van der Waals surface area contributed by atoms with E-state index in [2.05, 4.69) is 5.92 Å². The summed E-state index contributed by atoms with van der Waals surface area (Å²) in [5.74, 6) is 1.35. The molecule has 0 spiro atoms. The minimum atomic E-state index is -3.93. The van der Waals surface area contributed by atoms with Crippen LogP contribution in [0.5, 0.6) is 0 Å². The van der Waals surface area contributed by atoms with Crippen molar-refractivity contribution in [2.45, 2.75) is 4.90 Å². The van der Waals surface area contributed by atoms with Crippen molar-refractivity contribution in [3.8, 4) is 12.3 Å². The van der Waals surface area contributed by atoms with Gasteiger partial charge in [0.05, 0.1) is 23.7 Å². The van der Waals surface area contributed by atoms with Crippen LogP contribution < -0.4 is 5.73 Å². The average Bonchev–Trinajstić information content (AvgIpc) is 2.32. The molecule has 0 aliphatic carbocycles. The molecule has 0 bridgehead atoms. The first kappa shape index (κ1) is 14.4. The molecule has 0 aliphatic rings. The van der Waals surface area contributed by atoms with Crippen molar-refractivity contribution in [2.24, 2.45) is 0 Å². The van der Waals surface area contributed by atoms with Crippen molar-refractivity contribution in [2.75, 3.05) is 25.4 Å². The SMILES string of the molecule is C#CCN(CCO)S(=O)(=O)c1ccc(N)c(F)c1. The summed E-state index contributed by atoms with van der Waals surface area (Å²) in [6.07, 6.45) is 5.06. The Morgan fingerprint density at radius 1 is 1.50 bits per heavy atom. The number of nitrogen functional groups attached to an aromatic ring is 1. The quantitative estimate of drug-likeness (QED) is 0.585. The molecule has 0 unspecified atom stereocenters. The van der Waals surface area contributed by atoms with Crippen LogP contribution in [0.1, 0.15) is 0 Å². The van der Waals surface area contributed by atoms with E-state index >= 15 is 0 Å². The lowest BCUT2D eigenvalue weighted by molar-refractivity contribution is 0.261. The van der Waals surface area contributed by atoms with Crippen molar-refractivity contribution in [1.29, 1.82) is 0 Å². The van der Waals surface area contributed by atoms with Gasteiger partial charge in [-0.1, -0.05) is 5.92 Å². The van der Waals surface area contributed by atoms with E-state index in [-0.39, 0.29) is 30.3 Å². The van der Waals surface area contributed by atoms with Gasteiger partial charge in [-0.05, 0) is 18.2 Å². The number of hydrogen-bond donors (Lipinski definition) is 2. The number of benzene rings is 1. The van der Waals surface area contributed by atoms with Gasteiger partial charge < -0.3 is 10.8 Å². The third-order valence-electron chi connectivity index (χ3n) is 2.23. The standard InChI is InChI=1S/C11H13FN2O3S/c1-2-5-14(6-7-15)18(16,17)9-3-4-11(13)10(12)8-9/h1,3-4,8,15H,5-7,13H2. The highest BCUT2D eigenvalue weighted by molar-refractivity contribution is 7.89. The lowest BCUT2D eigenvalue weighted by Crippen LogP contribution is -2.34. The maximum atomic E-state index is 13.2. The number of halogens is 1. The van der Waals surface area contributed by atoms with Gasteiger partial charge in [0.1, 0.15) is 5.82 Å². The Balaban J connectivity index is 3.18. The van der Waals surface area contributed by atoms with E-state index in [1.54, 1.807) is 0 Å². The van der Waals surface area contributed by atoms with Crippen LogP contribution in [0.4, 0.5) is 10.1 Å². The fourth-order valence-electron chi connectivity index (χ4n) is 1.31. The fourth-order valence-corrected chi connectivity index (χ4v) is 2.67. The Bertz CT molecular complexity index is 566. The van der Waals surface area contributed by atoms with Crippen LogP contribution in [0.2, 0.25) is 0 Å². The number of terminal acetylenes is 1. The Hall–Kier alpha value is -1.62. The normalized spacial score (nSPS) is 11.4. The summed E-state index contributed by atoms with van der Waals surface area (Å²) >= 11 is 0. The van der Waals surface area contributed by atoms with Crippen molar-refractivity contribution in [1.82, 2.24) is 4.31 Å². The topological polar surface area (TPSA) is 83.6 Å². The van der Waals surface area contributed by atoms with Crippen LogP contribution in [0.15, 0.2) is 23.1 Å². The zero-order valence-electron chi connectivity index (χ0n) is 9.51. The molecule has 0 heterocycles. The number of hydrogen-bond acceptors (Lipinski definition) is 4. The number of nitrogens with zero attached hydrogens (tertiary/aromatic N) is 1. The highest BCUT2D eigenvalue weighted by Gasteiger charge is 2.24. The minimum Gasteiger partial charge on any atom is -0.396 e. The Morgan fingerprint density at radius 2 is 2.17 bits per heavy atom. The maximum Gasteiger partial charge on any atom is 0.244 e. The van der Waals surface area contributed by atoms with E-state index < -0.39 is 15.8 Å². The zero-order chi connectivity index (χ0) is 13.8. The van der Waals surface area contributed by atoms with Crippen LogP contribution in [0, 0.1) is 18.2 Å². The van der Waals surface area contributed by atoms with Crippen molar-refractivity contribution in [3.05, 3.63) is 24.0 Å². The summed E-state index contributed by atoms with van der Waals surface area (Å²) in [7, 11) is -3.93. The van der Waals surface area contributed by atoms with Gasteiger partial charge in [0.25, 0.3) is 0 Å². The Morgan fingerprint density at radius 3 is 2.67 bits per heavy atom. The van der Waals surface area contributed by atoms with Gasteiger partial charge in [0.2, 0.25) is 10.0 Å². The van der Waals surface area contributed by atoms with Crippen LogP contribution in [-0.2, 0) is 10.0 Å². The molecule has 7 heteroatoms. The van der Waals surface area contributed by atoms with E-state index in [4.69, 9.17) is 17.3 Å². The van der Waals surface area contributed by atoms with E-state index in [0.717, 1.165) is 16.4 Å². The number of rotatable bonds is 5. The van der Waals surface area contributed by atoms with E-state index in [9.17, 15) is 12.8 Å². The zero-order valence-corrected chi connectivity index (χ0v) is 10.3. The molecule has 0 atom stereocenters. The monoisotopic (exact) mass is 272 g/mol. The predicted molar refractivity (Wildman–Crippen MR) is 65.5 cm³/mol. The largest absolute Gasteiger partial charge is 0.396 e. The second kappa shape index (κ2) is 5.82. The molecule has 3 N–H and O–H groups in total. The first-order valence-electron chi connectivity index (χ1n) is 5.03. The second-order valence-corrected chi connectivity index (χ2v) is 5.39. The summed E-state index contributed by atoms with van der Waals surface area (Å²) in [4.78, 5) is -0.252. The third-order valence-corrected chi connectivity index (χ3v) is 4.07. The number of aliphatic hydroxyl groups excluding tert-OH is 1. The molecule has 1 aromatic carbocycles. The molecule has 0 saturated carbocycles. The lowest BCUT2D eigenvalue weighted by atomic mass is 10.3. The average molecular weight is 272 g/mol. The summed E-state index contributed by atoms with van der Waals surface area (Å²) in [6.45, 7) is -0.730. The molecule has 18 heavy (non-hydrogen) atoms. The van der Waals surface area contributed by atoms with Gasteiger partial charge in [-0.25, -0.2) is 12.8 Å². The molecule has 1 aromatic rings. The molecule has 0 fully saturated rings. The molecule has 0 radical (unpaired) electrons. The van der Waals surface area contributed by atoms with Crippen molar-refractivity contribution >= 4 is 15.7 Å². The van der Waals surface area contributed by atoms with Gasteiger partial charge in [0.15, 0.2) is 0 Å². The maximum absolute atomic E-state index is 13.2. The smallest absolute Gasteiger partial charge is 0.244 e. The molecule has 0 aliphatic heterocycles. The van der Waals surface area contributed by atoms with Crippen molar-refractivity contribution in [3.63, 3.8) is 0 Å². The highest BCUT2D eigenvalue weighted by atomic mass is 32.2. The molecule has 98 valence electrons. The molecule has 1 rings (SSSR count). The summed E-state index contributed by atoms with van der Waals surface area (Å²) in [5.41, 5.74) is 5.13. The third kappa shape index (κ3) is 2.98. The van der Waals surface area contributed by atoms with Gasteiger partial charge >= 0.3 is 0 Å². The summed E-state index contributed by atoms with van der Waals surface area (Å²) < 4.78 is 38.3. The van der Waals surface area contributed by atoms with Crippen LogP contribution in [0.25, 0.3) is 0 Å². The lowest BCUT2D eigenvalue weighted by Gasteiger charge is -2.18. The van der Waals surface area contributed by atoms with E-state index in [0.29, 0.717) is 0 Å². The minimum absolute atomic E-state index is 0.139. The first-order chi connectivity index (χ1) is 8.43. The molecule has 5 nitrogen and oxygen atoms in total. The van der Waals surface area contributed by atoms with Crippen LogP contribution in [0.3, 0.4) is 0 Å². The number of anilines is 1. The Kier molecular flexibility index (Phi) is 4.67. The number of sulfonamides is 1. The van der Waals surface area contributed by atoms with E-state index in [1.165, 1.54) is 6.07 Å².